The van der Waals surface area contributed by atoms with Gasteiger partial charge in [0.25, 0.3) is 0 Å². The second kappa shape index (κ2) is 5.52. The van der Waals surface area contributed by atoms with E-state index in [0.717, 1.165) is 32.4 Å². The van der Waals surface area contributed by atoms with Crippen LogP contribution in [0.2, 0.25) is 0 Å². The van der Waals surface area contributed by atoms with E-state index in [9.17, 15) is 4.79 Å². The highest BCUT2D eigenvalue weighted by Gasteiger charge is 2.53. The fraction of sp³-hybridized carbons (Fsp3) is 0.381. The van der Waals surface area contributed by atoms with Crippen molar-refractivity contribution in [3.63, 3.8) is 0 Å². The van der Waals surface area contributed by atoms with Gasteiger partial charge in [-0.15, -0.1) is 0 Å². The van der Waals surface area contributed by atoms with Gasteiger partial charge in [-0.3, -0.25) is 4.79 Å². The Bertz CT molecular complexity index is 730. The number of hydrogen-bond acceptors (Lipinski definition) is 1. The molecule has 1 heterocycles. The summed E-state index contributed by atoms with van der Waals surface area (Å²) in [7, 11) is 0. The van der Waals surface area contributed by atoms with Crippen LogP contribution in [0.3, 0.4) is 0 Å². The zero-order valence-corrected chi connectivity index (χ0v) is 13.7. The monoisotopic (exact) mass is 307 g/mol. The molecule has 0 aromatic heterocycles. The molecule has 0 unspecified atom stereocenters. The van der Waals surface area contributed by atoms with Crippen LogP contribution in [-0.4, -0.2) is 17.4 Å². The van der Waals surface area contributed by atoms with Crippen LogP contribution in [0.4, 0.5) is 0 Å². The second-order valence-electron chi connectivity index (χ2n) is 6.94. The Balaban J connectivity index is 0.00000169. The standard InChI is InChI=1S/C21H23NO.H2/c1-2-21-15-22(14-16-8-4-3-5-9-16)20(23)19(21)13-12-17-10-6-7-11-18(17)21;/h3-11,19H,2,12-15H2,1H3;1H/t19-,21-;/m0./s1. The van der Waals surface area contributed by atoms with Crippen molar-refractivity contribution in [1.29, 1.82) is 0 Å². The highest BCUT2D eigenvalue weighted by atomic mass is 16.2. The highest BCUT2D eigenvalue weighted by Crippen LogP contribution is 2.49. The van der Waals surface area contributed by atoms with Crippen molar-refractivity contribution in [2.75, 3.05) is 6.54 Å². The minimum Gasteiger partial charge on any atom is -0.337 e. The van der Waals surface area contributed by atoms with Crippen LogP contribution in [0.15, 0.2) is 54.6 Å². The molecule has 1 saturated heterocycles. The van der Waals surface area contributed by atoms with Crippen molar-refractivity contribution in [2.24, 2.45) is 5.92 Å². The lowest BCUT2D eigenvalue weighted by Crippen LogP contribution is -2.39. The Morgan fingerprint density at radius 2 is 1.87 bits per heavy atom. The van der Waals surface area contributed by atoms with Crippen molar-refractivity contribution >= 4 is 5.91 Å². The summed E-state index contributed by atoms with van der Waals surface area (Å²) < 4.78 is 0. The Labute approximate surface area is 139 Å². The molecular weight excluding hydrogens is 282 g/mol. The average molecular weight is 307 g/mol. The number of aryl methyl sites for hydroxylation is 1. The quantitative estimate of drug-likeness (QED) is 0.833. The van der Waals surface area contributed by atoms with Gasteiger partial charge in [-0.05, 0) is 36.0 Å². The number of fused-ring (bicyclic) bond motifs is 3. The van der Waals surface area contributed by atoms with E-state index < -0.39 is 0 Å². The molecular formula is C21H25NO. The molecule has 0 spiro atoms. The van der Waals surface area contributed by atoms with Crippen LogP contribution < -0.4 is 0 Å². The maximum Gasteiger partial charge on any atom is 0.226 e. The summed E-state index contributed by atoms with van der Waals surface area (Å²) in [5.41, 5.74) is 4.10. The molecule has 1 aliphatic carbocycles. The molecule has 0 saturated carbocycles. The molecule has 0 radical (unpaired) electrons. The first kappa shape index (κ1) is 14.5. The second-order valence-corrected chi connectivity index (χ2v) is 6.94. The summed E-state index contributed by atoms with van der Waals surface area (Å²) in [5, 5.41) is 0. The number of hydrogen-bond donors (Lipinski definition) is 0. The molecule has 23 heavy (non-hydrogen) atoms. The summed E-state index contributed by atoms with van der Waals surface area (Å²) in [6.45, 7) is 3.84. The van der Waals surface area contributed by atoms with Crippen LogP contribution in [0.25, 0.3) is 0 Å². The molecule has 2 aliphatic rings. The average Bonchev–Trinajstić information content (AvgIpc) is 2.89. The van der Waals surface area contributed by atoms with Gasteiger partial charge < -0.3 is 4.90 Å². The fourth-order valence-electron chi connectivity index (χ4n) is 4.67. The highest BCUT2D eigenvalue weighted by molar-refractivity contribution is 5.84. The number of benzene rings is 2. The van der Waals surface area contributed by atoms with Crippen molar-refractivity contribution in [3.8, 4) is 0 Å². The molecule has 2 aromatic rings. The van der Waals surface area contributed by atoms with E-state index in [1.807, 2.05) is 18.2 Å². The number of carbonyl (C=O) groups is 1. The van der Waals surface area contributed by atoms with Crippen LogP contribution >= 0.6 is 0 Å². The van der Waals surface area contributed by atoms with Gasteiger partial charge in [0.2, 0.25) is 5.91 Å². The van der Waals surface area contributed by atoms with Crippen molar-refractivity contribution in [1.82, 2.24) is 4.90 Å². The topological polar surface area (TPSA) is 20.3 Å². The van der Waals surface area contributed by atoms with Crippen molar-refractivity contribution < 1.29 is 6.22 Å². The number of carbonyl (C=O) groups excluding carboxylic acids is 1. The molecule has 2 aromatic carbocycles. The summed E-state index contributed by atoms with van der Waals surface area (Å²) in [4.78, 5) is 15.1. The molecule has 2 heteroatoms. The number of nitrogens with zero attached hydrogens (tertiary/aromatic N) is 1. The van der Waals surface area contributed by atoms with Gasteiger partial charge in [-0.25, -0.2) is 0 Å². The first-order chi connectivity index (χ1) is 11.2. The Morgan fingerprint density at radius 1 is 1.13 bits per heavy atom. The summed E-state index contributed by atoms with van der Waals surface area (Å²) >= 11 is 0. The zero-order valence-electron chi connectivity index (χ0n) is 13.7. The van der Waals surface area contributed by atoms with Gasteiger partial charge in [0, 0.05) is 25.8 Å². The third kappa shape index (κ3) is 2.20. The molecule has 4 rings (SSSR count). The fourth-order valence-corrected chi connectivity index (χ4v) is 4.67. The van der Waals surface area contributed by atoms with Gasteiger partial charge in [-0.1, -0.05) is 61.5 Å². The van der Waals surface area contributed by atoms with E-state index in [2.05, 4.69) is 48.2 Å². The maximum absolute atomic E-state index is 13.0. The van der Waals surface area contributed by atoms with E-state index in [4.69, 9.17) is 0 Å². The lowest BCUT2D eigenvalue weighted by Gasteiger charge is -2.38. The van der Waals surface area contributed by atoms with Crippen molar-refractivity contribution in [3.05, 3.63) is 71.3 Å². The summed E-state index contributed by atoms with van der Waals surface area (Å²) in [5.74, 6) is 0.510. The largest absolute Gasteiger partial charge is 0.337 e. The van der Waals surface area contributed by atoms with E-state index in [1.165, 1.54) is 16.7 Å². The molecule has 120 valence electrons. The lowest BCUT2D eigenvalue weighted by molar-refractivity contribution is -0.132. The predicted octanol–water partition coefficient (Wildman–Crippen LogP) is 4.19. The number of amides is 1. The molecule has 2 nitrogen and oxygen atoms in total. The van der Waals surface area contributed by atoms with Crippen LogP contribution in [0, 0.1) is 5.92 Å². The van der Waals surface area contributed by atoms with Gasteiger partial charge >= 0.3 is 0 Å². The SMILES string of the molecule is CC[C@@]12CN(Cc3ccccc3)C(=O)[C@@H]1CCc1ccccc12.[HH]. The smallest absolute Gasteiger partial charge is 0.226 e. The van der Waals surface area contributed by atoms with E-state index in [-0.39, 0.29) is 12.8 Å². The first-order valence-electron chi connectivity index (χ1n) is 8.66. The molecule has 1 amide bonds. The van der Waals surface area contributed by atoms with E-state index >= 15 is 0 Å². The summed E-state index contributed by atoms with van der Waals surface area (Å²) in [6.07, 6.45) is 3.06. The molecule has 0 N–H and O–H groups in total. The Morgan fingerprint density at radius 3 is 2.65 bits per heavy atom. The van der Waals surface area contributed by atoms with Gasteiger partial charge in [0.15, 0.2) is 0 Å². The Kier molecular flexibility index (Phi) is 3.48. The molecule has 0 bridgehead atoms. The first-order valence-corrected chi connectivity index (χ1v) is 8.66. The molecule has 2 atom stereocenters. The summed E-state index contributed by atoms with van der Waals surface area (Å²) in [6, 6.07) is 19.1. The molecule has 1 fully saturated rings. The van der Waals surface area contributed by atoms with Gasteiger partial charge in [0.1, 0.15) is 0 Å². The van der Waals surface area contributed by atoms with Gasteiger partial charge in [0.05, 0.1) is 0 Å². The van der Waals surface area contributed by atoms with Crippen LogP contribution in [-0.2, 0) is 23.2 Å². The minimum atomic E-state index is 0. The molecule has 1 aliphatic heterocycles. The number of likely N-dealkylation sites (tertiary alicyclic amines) is 1. The van der Waals surface area contributed by atoms with E-state index in [1.54, 1.807) is 0 Å². The maximum atomic E-state index is 13.0. The van der Waals surface area contributed by atoms with E-state index in [0.29, 0.717) is 5.91 Å². The minimum absolute atomic E-state index is 0. The van der Waals surface area contributed by atoms with Crippen LogP contribution in [0.5, 0.6) is 0 Å². The van der Waals surface area contributed by atoms with Crippen molar-refractivity contribution in [2.45, 2.75) is 38.1 Å². The third-order valence-electron chi connectivity index (χ3n) is 5.85. The predicted molar refractivity (Wildman–Crippen MR) is 94.2 cm³/mol. The van der Waals surface area contributed by atoms with Gasteiger partial charge in [-0.2, -0.15) is 0 Å². The lowest BCUT2D eigenvalue weighted by atomic mass is 9.63. The Hall–Kier alpha value is -2.09. The zero-order chi connectivity index (χ0) is 15.9. The number of rotatable bonds is 3. The third-order valence-corrected chi connectivity index (χ3v) is 5.85. The normalized spacial score (nSPS) is 26.0. The van der Waals surface area contributed by atoms with Crippen LogP contribution in [0.1, 0.15) is 37.9 Å².